The summed E-state index contributed by atoms with van der Waals surface area (Å²) >= 11 is 0. The molecule has 0 atom stereocenters. The van der Waals surface area contributed by atoms with Gasteiger partial charge in [0.1, 0.15) is 18.1 Å². The number of carbonyl (C=O) groups is 1. The van der Waals surface area contributed by atoms with E-state index in [0.717, 1.165) is 12.0 Å². The number of hydrogen-bond donors (Lipinski definition) is 2. The molecular weight excluding hydrogens is 287 g/mol. The molecule has 0 aliphatic rings. The summed E-state index contributed by atoms with van der Waals surface area (Å²) in [6.45, 7) is 2.63. The monoisotopic (exact) mass is 304 g/mol. The van der Waals surface area contributed by atoms with Crippen molar-refractivity contribution in [2.45, 2.75) is 20.0 Å². The van der Waals surface area contributed by atoms with Crippen LogP contribution in [0.4, 0.5) is 4.39 Å². The third kappa shape index (κ3) is 4.18. The number of nitrogens with one attached hydrogen (secondary N) is 2. The Morgan fingerprint density at radius 3 is 2.68 bits per heavy atom. The zero-order valence-corrected chi connectivity index (χ0v) is 12.2. The van der Waals surface area contributed by atoms with Crippen LogP contribution in [0.3, 0.4) is 0 Å². The van der Waals surface area contributed by atoms with Crippen LogP contribution in [0.2, 0.25) is 0 Å². The standard InChI is InChI=1S/C16H17FN2O3/c1-2-7-18-16(21)13-8-14(20)15(9-19-13)22-10-11-3-5-12(17)6-4-11/h3-6,8-9H,2,7,10H2,1H3,(H,18,21)(H,19,20). The molecule has 5 nitrogen and oxygen atoms in total. The van der Waals surface area contributed by atoms with Crippen LogP contribution in [-0.2, 0) is 6.61 Å². The molecule has 2 rings (SSSR count). The molecule has 116 valence electrons. The highest BCUT2D eigenvalue weighted by Crippen LogP contribution is 2.08. The Morgan fingerprint density at radius 1 is 1.32 bits per heavy atom. The van der Waals surface area contributed by atoms with Gasteiger partial charge in [-0.15, -0.1) is 0 Å². The number of rotatable bonds is 6. The molecule has 2 aromatic rings. The first-order chi connectivity index (χ1) is 10.6. The van der Waals surface area contributed by atoms with Crippen LogP contribution in [0.5, 0.6) is 5.75 Å². The van der Waals surface area contributed by atoms with Crippen molar-refractivity contribution < 1.29 is 13.9 Å². The SMILES string of the molecule is CCCNC(=O)c1cc(=O)c(OCc2ccc(F)cc2)c[nH]1. The van der Waals surface area contributed by atoms with E-state index in [2.05, 4.69) is 10.3 Å². The van der Waals surface area contributed by atoms with E-state index in [9.17, 15) is 14.0 Å². The summed E-state index contributed by atoms with van der Waals surface area (Å²) in [6, 6.07) is 7.01. The van der Waals surface area contributed by atoms with Gasteiger partial charge >= 0.3 is 0 Å². The van der Waals surface area contributed by atoms with Crippen LogP contribution >= 0.6 is 0 Å². The summed E-state index contributed by atoms with van der Waals surface area (Å²) in [7, 11) is 0. The van der Waals surface area contributed by atoms with Crippen LogP contribution in [-0.4, -0.2) is 17.4 Å². The third-order valence-corrected chi connectivity index (χ3v) is 2.96. The molecular formula is C16H17FN2O3. The summed E-state index contributed by atoms with van der Waals surface area (Å²) in [6.07, 6.45) is 2.17. The number of aromatic nitrogens is 1. The first-order valence-electron chi connectivity index (χ1n) is 6.98. The van der Waals surface area contributed by atoms with Crippen LogP contribution < -0.4 is 15.5 Å². The number of carbonyl (C=O) groups excluding carboxylic acids is 1. The van der Waals surface area contributed by atoms with E-state index in [4.69, 9.17) is 4.74 Å². The van der Waals surface area contributed by atoms with Gasteiger partial charge in [0.05, 0.1) is 0 Å². The lowest BCUT2D eigenvalue weighted by molar-refractivity contribution is 0.0948. The maximum atomic E-state index is 12.8. The smallest absolute Gasteiger partial charge is 0.267 e. The number of H-pyrrole nitrogens is 1. The lowest BCUT2D eigenvalue weighted by Gasteiger charge is -2.07. The number of aromatic amines is 1. The molecule has 1 aromatic heterocycles. The van der Waals surface area contributed by atoms with Gasteiger partial charge in [0.15, 0.2) is 5.75 Å². The Morgan fingerprint density at radius 2 is 2.05 bits per heavy atom. The Bertz CT molecular complexity index is 695. The van der Waals surface area contributed by atoms with Crippen molar-refractivity contribution in [3.8, 4) is 5.75 Å². The van der Waals surface area contributed by atoms with Gasteiger partial charge < -0.3 is 15.0 Å². The number of amides is 1. The Labute approximate surface area is 127 Å². The summed E-state index contributed by atoms with van der Waals surface area (Å²) in [5.41, 5.74) is 0.542. The minimum atomic E-state index is -0.387. The fraction of sp³-hybridized carbons (Fsp3) is 0.250. The van der Waals surface area contributed by atoms with Crippen molar-refractivity contribution in [1.29, 1.82) is 0 Å². The fourth-order valence-corrected chi connectivity index (χ4v) is 1.78. The minimum Gasteiger partial charge on any atom is -0.483 e. The van der Waals surface area contributed by atoms with E-state index < -0.39 is 0 Å². The van der Waals surface area contributed by atoms with E-state index in [1.54, 1.807) is 12.1 Å². The van der Waals surface area contributed by atoms with Crippen molar-refractivity contribution in [2.24, 2.45) is 0 Å². The number of ether oxygens (including phenoxy) is 1. The highest BCUT2D eigenvalue weighted by molar-refractivity contribution is 5.92. The van der Waals surface area contributed by atoms with Gasteiger partial charge in [0.2, 0.25) is 5.43 Å². The molecule has 1 heterocycles. The highest BCUT2D eigenvalue weighted by atomic mass is 19.1. The second kappa shape index (κ2) is 7.40. The second-order valence-electron chi connectivity index (χ2n) is 4.75. The highest BCUT2D eigenvalue weighted by Gasteiger charge is 2.09. The Hall–Kier alpha value is -2.63. The minimum absolute atomic E-state index is 0.108. The molecule has 0 aliphatic heterocycles. The summed E-state index contributed by atoms with van der Waals surface area (Å²) in [5, 5.41) is 2.67. The van der Waals surface area contributed by atoms with Gasteiger partial charge in [0, 0.05) is 18.8 Å². The molecule has 1 amide bonds. The maximum absolute atomic E-state index is 12.8. The molecule has 0 unspecified atom stereocenters. The molecule has 0 saturated carbocycles. The molecule has 0 saturated heterocycles. The molecule has 0 spiro atoms. The fourth-order valence-electron chi connectivity index (χ4n) is 1.78. The Balaban J connectivity index is 2.02. The molecule has 0 aliphatic carbocycles. The van der Waals surface area contributed by atoms with Gasteiger partial charge in [-0.2, -0.15) is 0 Å². The molecule has 22 heavy (non-hydrogen) atoms. The lowest BCUT2D eigenvalue weighted by Crippen LogP contribution is -2.26. The summed E-state index contributed by atoms with van der Waals surface area (Å²) in [5.74, 6) is -0.551. The van der Waals surface area contributed by atoms with Gasteiger partial charge in [-0.3, -0.25) is 9.59 Å². The number of benzene rings is 1. The molecule has 2 N–H and O–H groups in total. The van der Waals surface area contributed by atoms with E-state index in [-0.39, 0.29) is 35.2 Å². The van der Waals surface area contributed by atoms with Gasteiger partial charge in [-0.25, -0.2) is 4.39 Å². The normalized spacial score (nSPS) is 10.3. The predicted molar refractivity (Wildman–Crippen MR) is 80.4 cm³/mol. The lowest BCUT2D eigenvalue weighted by atomic mass is 10.2. The Kier molecular flexibility index (Phi) is 5.30. The number of halogens is 1. The molecule has 0 bridgehead atoms. The topological polar surface area (TPSA) is 71.2 Å². The quantitative estimate of drug-likeness (QED) is 0.859. The molecule has 1 aromatic carbocycles. The van der Waals surface area contributed by atoms with Crippen LogP contribution in [0.1, 0.15) is 29.4 Å². The first kappa shape index (κ1) is 15.8. The third-order valence-electron chi connectivity index (χ3n) is 2.96. The van der Waals surface area contributed by atoms with Crippen molar-refractivity contribution in [1.82, 2.24) is 10.3 Å². The molecule has 0 radical (unpaired) electrons. The van der Waals surface area contributed by atoms with Gasteiger partial charge in [-0.1, -0.05) is 19.1 Å². The summed E-state index contributed by atoms with van der Waals surface area (Å²) in [4.78, 5) is 26.4. The zero-order chi connectivity index (χ0) is 15.9. The van der Waals surface area contributed by atoms with E-state index >= 15 is 0 Å². The van der Waals surface area contributed by atoms with Crippen molar-refractivity contribution in [2.75, 3.05) is 6.54 Å². The van der Waals surface area contributed by atoms with E-state index in [1.807, 2.05) is 6.92 Å². The van der Waals surface area contributed by atoms with Crippen LogP contribution in [0, 0.1) is 5.82 Å². The van der Waals surface area contributed by atoms with Gasteiger partial charge in [-0.05, 0) is 24.1 Å². The van der Waals surface area contributed by atoms with Gasteiger partial charge in [0.25, 0.3) is 5.91 Å². The summed E-state index contributed by atoms with van der Waals surface area (Å²) < 4.78 is 18.2. The van der Waals surface area contributed by atoms with E-state index in [1.165, 1.54) is 24.4 Å². The maximum Gasteiger partial charge on any atom is 0.267 e. The molecule has 6 heteroatoms. The predicted octanol–water partition coefficient (Wildman–Crippen LogP) is 2.23. The number of pyridine rings is 1. The number of hydrogen-bond acceptors (Lipinski definition) is 3. The van der Waals surface area contributed by atoms with Crippen LogP contribution in [0.15, 0.2) is 41.3 Å². The van der Waals surface area contributed by atoms with Crippen molar-refractivity contribution in [3.63, 3.8) is 0 Å². The van der Waals surface area contributed by atoms with Crippen LogP contribution in [0.25, 0.3) is 0 Å². The average Bonchev–Trinajstić information content (AvgIpc) is 2.53. The molecule has 0 fully saturated rings. The van der Waals surface area contributed by atoms with E-state index in [0.29, 0.717) is 6.54 Å². The average molecular weight is 304 g/mol. The van der Waals surface area contributed by atoms with Crippen molar-refractivity contribution >= 4 is 5.91 Å². The first-order valence-corrected chi connectivity index (χ1v) is 6.98. The largest absolute Gasteiger partial charge is 0.483 e. The second-order valence-corrected chi connectivity index (χ2v) is 4.75. The van der Waals surface area contributed by atoms with Crippen molar-refractivity contribution in [3.05, 3.63) is 63.8 Å². The zero-order valence-electron chi connectivity index (χ0n) is 12.2.